The topological polar surface area (TPSA) is 37.3 Å². The number of carbonyl (C=O) groups is 1. The Morgan fingerprint density at radius 1 is 1.53 bits per heavy atom. The standard InChI is InChI=1S/C15H22O2/c1-10-7-8-15(3)11(2)5-4-6-13(15)12(10)9-14(16)17/h5,9-10,13H,4,6-8H2,1-3H3,(H,16,17)/b12-9+/t10-,13-,15+/m1/s1. The van der Waals surface area contributed by atoms with Crippen LogP contribution in [-0.2, 0) is 4.79 Å². The summed E-state index contributed by atoms with van der Waals surface area (Å²) in [4.78, 5) is 11.0. The Kier molecular flexibility index (Phi) is 3.15. The zero-order chi connectivity index (χ0) is 12.6. The average molecular weight is 234 g/mol. The van der Waals surface area contributed by atoms with Crippen molar-refractivity contribution in [2.75, 3.05) is 0 Å². The molecule has 17 heavy (non-hydrogen) atoms. The molecule has 2 aliphatic rings. The van der Waals surface area contributed by atoms with Gasteiger partial charge in [0.15, 0.2) is 0 Å². The van der Waals surface area contributed by atoms with Crippen LogP contribution in [0.15, 0.2) is 23.3 Å². The first-order valence-electron chi connectivity index (χ1n) is 6.57. The van der Waals surface area contributed by atoms with E-state index in [0.29, 0.717) is 11.8 Å². The van der Waals surface area contributed by atoms with Crippen molar-refractivity contribution >= 4 is 5.97 Å². The van der Waals surface area contributed by atoms with E-state index in [9.17, 15) is 4.79 Å². The van der Waals surface area contributed by atoms with E-state index in [0.717, 1.165) is 19.3 Å². The van der Waals surface area contributed by atoms with E-state index in [1.165, 1.54) is 23.6 Å². The summed E-state index contributed by atoms with van der Waals surface area (Å²) in [6.07, 6.45) is 8.32. The first-order chi connectivity index (χ1) is 7.95. The zero-order valence-electron chi connectivity index (χ0n) is 11.0. The Morgan fingerprint density at radius 3 is 2.88 bits per heavy atom. The third-order valence-electron chi connectivity index (χ3n) is 4.93. The van der Waals surface area contributed by atoms with Crippen LogP contribution in [0.5, 0.6) is 0 Å². The maximum Gasteiger partial charge on any atom is 0.328 e. The van der Waals surface area contributed by atoms with Crippen LogP contribution in [-0.4, -0.2) is 11.1 Å². The number of fused-ring (bicyclic) bond motifs is 1. The van der Waals surface area contributed by atoms with E-state index in [1.54, 1.807) is 0 Å². The van der Waals surface area contributed by atoms with Crippen LogP contribution in [0.2, 0.25) is 0 Å². The number of allylic oxidation sites excluding steroid dienone is 3. The average Bonchev–Trinajstić information content (AvgIpc) is 2.25. The molecule has 0 amide bonds. The molecule has 0 spiro atoms. The van der Waals surface area contributed by atoms with Crippen molar-refractivity contribution in [2.24, 2.45) is 17.3 Å². The predicted octanol–water partition coefficient (Wildman–Crippen LogP) is 3.79. The summed E-state index contributed by atoms with van der Waals surface area (Å²) < 4.78 is 0. The van der Waals surface area contributed by atoms with Crippen LogP contribution in [0.3, 0.4) is 0 Å². The molecule has 0 heterocycles. The first-order valence-corrected chi connectivity index (χ1v) is 6.57. The van der Waals surface area contributed by atoms with Gasteiger partial charge in [-0.15, -0.1) is 0 Å². The summed E-state index contributed by atoms with van der Waals surface area (Å²) in [5.74, 6) is 0.0748. The molecule has 2 nitrogen and oxygen atoms in total. The normalized spacial score (nSPS) is 39.7. The highest BCUT2D eigenvalue weighted by atomic mass is 16.4. The van der Waals surface area contributed by atoms with Gasteiger partial charge in [0, 0.05) is 6.08 Å². The maximum atomic E-state index is 11.0. The van der Waals surface area contributed by atoms with Gasteiger partial charge in [0.1, 0.15) is 0 Å². The van der Waals surface area contributed by atoms with Gasteiger partial charge in [0.05, 0.1) is 0 Å². The lowest BCUT2D eigenvalue weighted by Crippen LogP contribution is -2.38. The Labute approximate surface area is 103 Å². The summed E-state index contributed by atoms with van der Waals surface area (Å²) in [5, 5.41) is 9.03. The van der Waals surface area contributed by atoms with Gasteiger partial charge in [0.25, 0.3) is 0 Å². The van der Waals surface area contributed by atoms with E-state index >= 15 is 0 Å². The fourth-order valence-electron chi connectivity index (χ4n) is 3.61. The highest BCUT2D eigenvalue weighted by Gasteiger charge is 2.44. The molecule has 1 fully saturated rings. The van der Waals surface area contributed by atoms with Crippen molar-refractivity contribution in [3.05, 3.63) is 23.3 Å². The molecule has 2 rings (SSSR count). The smallest absolute Gasteiger partial charge is 0.328 e. The number of hydrogen-bond acceptors (Lipinski definition) is 1. The minimum Gasteiger partial charge on any atom is -0.478 e. The molecule has 0 radical (unpaired) electrons. The summed E-state index contributed by atoms with van der Waals surface area (Å²) in [6.45, 7) is 6.69. The SMILES string of the molecule is CC1=CCC[C@@H]2/C(=C/C(=O)O)[C@H](C)CC[C@@]12C. The molecule has 0 saturated heterocycles. The van der Waals surface area contributed by atoms with Crippen LogP contribution in [0.4, 0.5) is 0 Å². The van der Waals surface area contributed by atoms with Gasteiger partial charge in [-0.05, 0) is 49.9 Å². The van der Waals surface area contributed by atoms with Crippen LogP contribution in [0, 0.1) is 17.3 Å². The predicted molar refractivity (Wildman–Crippen MR) is 68.7 cm³/mol. The Balaban J connectivity index is 2.40. The van der Waals surface area contributed by atoms with Gasteiger partial charge < -0.3 is 5.11 Å². The van der Waals surface area contributed by atoms with E-state index in [-0.39, 0.29) is 5.41 Å². The fourth-order valence-corrected chi connectivity index (χ4v) is 3.61. The van der Waals surface area contributed by atoms with Gasteiger partial charge in [-0.25, -0.2) is 4.79 Å². The lowest BCUT2D eigenvalue weighted by Gasteiger charge is -2.48. The van der Waals surface area contributed by atoms with Crippen LogP contribution in [0.25, 0.3) is 0 Å². The molecule has 2 aliphatic carbocycles. The molecular weight excluding hydrogens is 212 g/mol. The van der Waals surface area contributed by atoms with Crippen LogP contribution < -0.4 is 0 Å². The summed E-state index contributed by atoms with van der Waals surface area (Å²) in [5.41, 5.74) is 2.82. The number of rotatable bonds is 1. The second-order valence-electron chi connectivity index (χ2n) is 5.86. The van der Waals surface area contributed by atoms with E-state index in [2.05, 4.69) is 26.8 Å². The minimum absolute atomic E-state index is 0.200. The minimum atomic E-state index is -0.789. The fraction of sp³-hybridized carbons (Fsp3) is 0.667. The van der Waals surface area contributed by atoms with Crippen molar-refractivity contribution < 1.29 is 9.90 Å². The molecular formula is C15H22O2. The molecule has 2 heteroatoms. The second kappa shape index (κ2) is 4.32. The molecule has 0 aromatic heterocycles. The summed E-state index contributed by atoms with van der Waals surface area (Å²) in [6, 6.07) is 0. The molecule has 0 bridgehead atoms. The molecule has 0 unspecified atom stereocenters. The van der Waals surface area contributed by atoms with Crippen molar-refractivity contribution in [3.8, 4) is 0 Å². The summed E-state index contributed by atoms with van der Waals surface area (Å²) >= 11 is 0. The molecule has 94 valence electrons. The summed E-state index contributed by atoms with van der Waals surface area (Å²) in [7, 11) is 0. The van der Waals surface area contributed by atoms with Gasteiger partial charge in [0.2, 0.25) is 0 Å². The third-order valence-corrected chi connectivity index (χ3v) is 4.93. The Morgan fingerprint density at radius 2 is 2.24 bits per heavy atom. The quantitative estimate of drug-likeness (QED) is 0.553. The van der Waals surface area contributed by atoms with E-state index in [1.807, 2.05) is 0 Å². The van der Waals surface area contributed by atoms with E-state index in [4.69, 9.17) is 5.11 Å². The Bertz CT molecular complexity index is 392. The molecule has 0 aromatic carbocycles. The number of carboxylic acid groups (broad SMARTS) is 1. The van der Waals surface area contributed by atoms with Gasteiger partial charge in [-0.1, -0.05) is 31.1 Å². The van der Waals surface area contributed by atoms with Crippen molar-refractivity contribution in [1.82, 2.24) is 0 Å². The zero-order valence-corrected chi connectivity index (χ0v) is 11.0. The van der Waals surface area contributed by atoms with Crippen molar-refractivity contribution in [3.63, 3.8) is 0 Å². The monoisotopic (exact) mass is 234 g/mol. The third kappa shape index (κ3) is 2.05. The van der Waals surface area contributed by atoms with Gasteiger partial charge in [-0.2, -0.15) is 0 Å². The van der Waals surface area contributed by atoms with Gasteiger partial charge >= 0.3 is 5.97 Å². The molecule has 3 atom stereocenters. The Hall–Kier alpha value is -1.05. The number of aliphatic carboxylic acids is 1. The lowest BCUT2D eigenvalue weighted by atomic mass is 9.56. The molecule has 1 saturated carbocycles. The number of hydrogen-bond donors (Lipinski definition) is 1. The second-order valence-corrected chi connectivity index (χ2v) is 5.86. The van der Waals surface area contributed by atoms with Gasteiger partial charge in [-0.3, -0.25) is 0 Å². The van der Waals surface area contributed by atoms with Crippen LogP contribution >= 0.6 is 0 Å². The number of carboxylic acids is 1. The largest absolute Gasteiger partial charge is 0.478 e. The highest BCUT2D eigenvalue weighted by Crippen LogP contribution is 2.54. The van der Waals surface area contributed by atoms with E-state index < -0.39 is 5.97 Å². The molecule has 0 aromatic rings. The first kappa shape index (κ1) is 12.4. The highest BCUT2D eigenvalue weighted by molar-refractivity contribution is 5.81. The lowest BCUT2D eigenvalue weighted by molar-refractivity contribution is -0.131. The van der Waals surface area contributed by atoms with Crippen LogP contribution in [0.1, 0.15) is 46.5 Å². The molecule has 0 aliphatic heterocycles. The molecule has 1 N–H and O–H groups in total. The maximum absolute atomic E-state index is 11.0. The van der Waals surface area contributed by atoms with Crippen molar-refractivity contribution in [1.29, 1.82) is 0 Å². The van der Waals surface area contributed by atoms with Crippen molar-refractivity contribution in [2.45, 2.75) is 46.5 Å².